The molecule has 2 aromatic heterocycles. The molecule has 0 fully saturated rings. The molecule has 1 atom stereocenters. The Balaban J connectivity index is 0.834. The number of ether oxygens (including phenoxy) is 3. The van der Waals surface area contributed by atoms with E-state index in [9.17, 15) is 33.6 Å². The van der Waals surface area contributed by atoms with Gasteiger partial charge in [-0.05, 0) is 67.6 Å². The van der Waals surface area contributed by atoms with Crippen molar-refractivity contribution >= 4 is 58.8 Å². The van der Waals surface area contributed by atoms with Crippen LogP contribution in [-0.4, -0.2) is 116 Å². The van der Waals surface area contributed by atoms with Crippen LogP contribution in [0, 0.1) is 17.3 Å². The first-order chi connectivity index (χ1) is 30.1. The number of nitriles is 1. The lowest BCUT2D eigenvalue weighted by molar-refractivity contribution is -0.121. The Morgan fingerprint density at radius 2 is 1.79 bits per heavy atom. The molecule has 17 nitrogen and oxygen atoms in total. The number of aromatic nitrogens is 3. The number of halogens is 2. The van der Waals surface area contributed by atoms with Crippen molar-refractivity contribution in [1.82, 2.24) is 30.5 Å². The molecule has 0 saturated heterocycles. The minimum Gasteiger partial charge on any atom is -0.379 e. The van der Waals surface area contributed by atoms with E-state index in [1.165, 1.54) is 25.5 Å². The summed E-state index contributed by atoms with van der Waals surface area (Å²) >= 11 is 6.24. The average molecular weight is 870 g/mol. The van der Waals surface area contributed by atoms with Crippen LogP contribution in [0.5, 0.6) is 0 Å². The van der Waals surface area contributed by atoms with E-state index in [1.54, 1.807) is 30.3 Å². The number of aryl methyl sites for hydroxylation is 1. The number of benzene rings is 2. The van der Waals surface area contributed by atoms with Crippen molar-refractivity contribution in [3.8, 4) is 6.07 Å². The summed E-state index contributed by atoms with van der Waals surface area (Å²) in [5, 5.41) is 17.7. The van der Waals surface area contributed by atoms with Crippen LogP contribution in [0.2, 0.25) is 5.02 Å². The molecule has 6 rings (SSSR count). The smallest absolute Gasteiger partial charge is 0.262 e. The summed E-state index contributed by atoms with van der Waals surface area (Å²) in [6.45, 7) is 3.01. The molecule has 3 N–H and O–H groups in total. The zero-order chi connectivity index (χ0) is 44.0. The third-order valence-electron chi connectivity index (χ3n) is 10.3. The van der Waals surface area contributed by atoms with Crippen LogP contribution < -0.4 is 20.9 Å². The minimum absolute atomic E-state index is 0.00418. The molecule has 62 heavy (non-hydrogen) atoms. The zero-order valence-corrected chi connectivity index (χ0v) is 34.7. The van der Waals surface area contributed by atoms with E-state index in [0.29, 0.717) is 80.4 Å². The van der Waals surface area contributed by atoms with Crippen molar-refractivity contribution < 1.29 is 42.6 Å². The fourth-order valence-electron chi connectivity index (χ4n) is 7.05. The quantitative estimate of drug-likeness (QED) is 0.0441. The molecule has 4 aromatic rings. The van der Waals surface area contributed by atoms with E-state index in [4.69, 9.17) is 25.8 Å². The fraction of sp³-hybridized carbons (Fsp3) is 0.372. The molecule has 0 saturated carbocycles. The molecule has 0 radical (unpaired) electrons. The summed E-state index contributed by atoms with van der Waals surface area (Å²) in [4.78, 5) is 78.1. The van der Waals surface area contributed by atoms with Crippen LogP contribution in [0.4, 0.5) is 21.7 Å². The first-order valence-electron chi connectivity index (χ1n) is 20.0. The Hall–Kier alpha value is -6.39. The number of fused-ring (bicyclic) bond motifs is 2. The number of aldehydes is 1. The summed E-state index contributed by atoms with van der Waals surface area (Å²) in [5.74, 6) is -2.29. The largest absolute Gasteiger partial charge is 0.379 e. The van der Waals surface area contributed by atoms with Crippen LogP contribution >= 0.6 is 11.6 Å². The van der Waals surface area contributed by atoms with Gasteiger partial charge >= 0.3 is 0 Å². The highest BCUT2D eigenvalue weighted by Gasteiger charge is 2.41. The zero-order valence-electron chi connectivity index (χ0n) is 34.0. The number of carbonyl (C=O) groups is 5. The van der Waals surface area contributed by atoms with Gasteiger partial charge in [0.1, 0.15) is 30.3 Å². The maximum absolute atomic E-state index is 15.0. The molecular weight excluding hydrogens is 825 g/mol. The Labute approximate surface area is 361 Å². The van der Waals surface area contributed by atoms with Crippen molar-refractivity contribution in [2.45, 2.75) is 44.7 Å². The van der Waals surface area contributed by atoms with Crippen LogP contribution in [0.15, 0.2) is 54.9 Å². The minimum atomic E-state index is -1.03. The molecule has 4 heterocycles. The van der Waals surface area contributed by atoms with E-state index >= 15 is 0 Å². The highest BCUT2D eigenvalue weighted by molar-refractivity contribution is 6.32. The summed E-state index contributed by atoms with van der Waals surface area (Å²) in [6.07, 6.45) is 3.63. The van der Waals surface area contributed by atoms with Crippen molar-refractivity contribution in [3.05, 3.63) is 105 Å². The van der Waals surface area contributed by atoms with E-state index in [-0.39, 0.29) is 67.6 Å². The first kappa shape index (κ1) is 45.1. The number of pyridine rings is 1. The monoisotopic (exact) mass is 869 g/mol. The second kappa shape index (κ2) is 21.9. The lowest BCUT2D eigenvalue weighted by Crippen LogP contribution is -2.41. The number of imide groups is 1. The van der Waals surface area contributed by atoms with Gasteiger partial charge in [-0.3, -0.25) is 24.1 Å². The van der Waals surface area contributed by atoms with Crippen molar-refractivity contribution in [2.24, 2.45) is 0 Å². The maximum atomic E-state index is 15.0. The Morgan fingerprint density at radius 3 is 2.52 bits per heavy atom. The summed E-state index contributed by atoms with van der Waals surface area (Å²) in [5.41, 5.74) is 3.89. The first-order valence-corrected chi connectivity index (χ1v) is 20.4. The average Bonchev–Trinajstić information content (AvgIpc) is 3.53. The number of anilines is 3. The Bertz CT molecular complexity index is 2340. The van der Waals surface area contributed by atoms with Gasteiger partial charge in [0.2, 0.25) is 11.9 Å². The van der Waals surface area contributed by atoms with Gasteiger partial charge in [0.05, 0.1) is 78.6 Å². The highest BCUT2D eigenvalue weighted by atomic mass is 35.5. The Morgan fingerprint density at radius 1 is 1.02 bits per heavy atom. The SMILES string of the molecule is CNC(=O)CCC(C=O)N1C(=O)c2cccc(CCCOCCOCCOCCNC(=O)c3ccc(Nc4ncnc5c4CCN(c4ccc(C#N)c(Cl)c4)C5)nc3F)c2C1=O. The van der Waals surface area contributed by atoms with Crippen LogP contribution in [-0.2, 0) is 43.2 Å². The predicted molar refractivity (Wildman–Crippen MR) is 224 cm³/mol. The van der Waals surface area contributed by atoms with Gasteiger partial charge in [-0.2, -0.15) is 9.65 Å². The summed E-state index contributed by atoms with van der Waals surface area (Å²) in [7, 11) is 1.47. The van der Waals surface area contributed by atoms with Crippen LogP contribution in [0.25, 0.3) is 0 Å². The number of amides is 4. The molecule has 2 aromatic carbocycles. The lowest BCUT2D eigenvalue weighted by Gasteiger charge is -2.30. The molecule has 4 amide bonds. The van der Waals surface area contributed by atoms with Crippen LogP contribution in [0.3, 0.4) is 0 Å². The van der Waals surface area contributed by atoms with Crippen molar-refractivity contribution in [2.75, 3.05) is 70.0 Å². The molecule has 0 spiro atoms. The van der Waals surface area contributed by atoms with E-state index in [2.05, 4.69) is 41.9 Å². The molecular formula is C43H45ClFN9O8. The standard InChI is InChI=1S/C43H45ClFN9O8/c1-47-37(56)12-9-30(25-55)54-42(58)32-6-2-4-27(38(32)43(54)59)5-3-16-60-18-20-62-21-19-61-17-14-48-41(57)33-10-11-36(51-39(33)45)52-40-31-13-15-53(24-35(31)49-26-50-40)29-8-7-28(23-46)34(44)22-29/h2,4,6-8,10-11,22,25-26,30H,3,5,9,12-21,24H2,1H3,(H,47,56)(H,48,57)(H,49,50,51,52). The van der Waals surface area contributed by atoms with Gasteiger partial charge in [0, 0.05) is 44.4 Å². The molecule has 0 aliphatic carbocycles. The summed E-state index contributed by atoms with van der Waals surface area (Å²) < 4.78 is 31.7. The maximum Gasteiger partial charge on any atom is 0.262 e. The van der Waals surface area contributed by atoms with E-state index in [0.717, 1.165) is 21.8 Å². The molecule has 2 aliphatic rings. The van der Waals surface area contributed by atoms with E-state index < -0.39 is 29.7 Å². The number of rotatable bonds is 22. The van der Waals surface area contributed by atoms with Gasteiger partial charge in [-0.15, -0.1) is 0 Å². The molecule has 324 valence electrons. The predicted octanol–water partition coefficient (Wildman–Crippen LogP) is 3.94. The third-order valence-corrected chi connectivity index (χ3v) is 10.6. The molecule has 19 heteroatoms. The normalized spacial score (nSPS) is 13.6. The summed E-state index contributed by atoms with van der Waals surface area (Å²) in [6, 6.07) is 14.2. The van der Waals surface area contributed by atoms with Gasteiger partial charge in [-0.1, -0.05) is 23.7 Å². The topological polar surface area (TPSA) is 218 Å². The van der Waals surface area contributed by atoms with Gasteiger partial charge in [0.25, 0.3) is 17.7 Å². The van der Waals surface area contributed by atoms with E-state index in [1.807, 2.05) is 6.07 Å². The number of hydrogen-bond acceptors (Lipinski definition) is 14. The van der Waals surface area contributed by atoms with Crippen molar-refractivity contribution in [3.63, 3.8) is 0 Å². The second-order valence-corrected chi connectivity index (χ2v) is 14.6. The number of carbonyl (C=O) groups excluding carboxylic acids is 5. The number of hydrogen-bond donors (Lipinski definition) is 3. The molecule has 0 bridgehead atoms. The Kier molecular flexibility index (Phi) is 16.0. The number of nitrogens with one attached hydrogen (secondary N) is 3. The molecule has 2 aliphatic heterocycles. The van der Waals surface area contributed by atoms with Crippen molar-refractivity contribution in [1.29, 1.82) is 5.26 Å². The fourth-order valence-corrected chi connectivity index (χ4v) is 7.27. The second-order valence-electron chi connectivity index (χ2n) is 14.2. The van der Waals surface area contributed by atoms with Gasteiger partial charge in [-0.25, -0.2) is 15.0 Å². The highest BCUT2D eigenvalue weighted by Crippen LogP contribution is 2.31. The van der Waals surface area contributed by atoms with Gasteiger partial charge in [0.15, 0.2) is 0 Å². The number of nitrogens with zero attached hydrogens (tertiary/aromatic N) is 6. The van der Waals surface area contributed by atoms with Gasteiger partial charge < -0.3 is 39.9 Å². The lowest BCUT2D eigenvalue weighted by atomic mass is 9.99. The molecule has 1 unspecified atom stereocenters. The third kappa shape index (κ3) is 11.1. The van der Waals surface area contributed by atoms with Crippen LogP contribution in [0.1, 0.15) is 72.7 Å².